The molecule has 6 heterocycles. The van der Waals surface area contributed by atoms with Crippen LogP contribution in [0.4, 0.5) is 0 Å². The second kappa shape index (κ2) is 28.1. The van der Waals surface area contributed by atoms with Gasteiger partial charge in [-0.3, -0.25) is 13.8 Å². The van der Waals surface area contributed by atoms with Crippen molar-refractivity contribution in [2.24, 2.45) is 0 Å². The molecule has 0 bridgehead atoms. The summed E-state index contributed by atoms with van der Waals surface area (Å²) in [5.74, 6) is 0.582. The van der Waals surface area contributed by atoms with Crippen LogP contribution < -0.4 is 73.7 Å². The molecule has 65 heavy (non-hydrogen) atoms. The van der Waals surface area contributed by atoms with Crippen molar-refractivity contribution in [3.63, 3.8) is 0 Å². The predicted molar refractivity (Wildman–Crippen MR) is 238 cm³/mol. The number of hydrogen-bond acceptors (Lipinski definition) is 11. The monoisotopic (exact) mass is 973 g/mol. The fourth-order valence-corrected chi connectivity index (χ4v) is 9.09. The van der Waals surface area contributed by atoms with Gasteiger partial charge in [0.2, 0.25) is 12.2 Å². The zero-order valence-electron chi connectivity index (χ0n) is 39.9. The fraction of sp³-hybridized carbons (Fsp3) is 0.696. The molecular formula is C46H73ClKN7O9S. The Morgan fingerprint density at radius 3 is 2.08 bits per heavy atom. The molecule has 4 aliphatic rings. The van der Waals surface area contributed by atoms with E-state index in [2.05, 4.69) is 74.7 Å². The van der Waals surface area contributed by atoms with E-state index in [1.54, 1.807) is 0 Å². The van der Waals surface area contributed by atoms with Crippen LogP contribution in [0.15, 0.2) is 67.8 Å². The van der Waals surface area contributed by atoms with E-state index < -0.39 is 22.2 Å². The van der Waals surface area contributed by atoms with Crippen LogP contribution in [0, 0.1) is 0 Å². The molecular weight excluding hydrogens is 901 g/mol. The Kier molecular flexibility index (Phi) is 25.0. The number of nitrogens with one attached hydrogen (secondary N) is 1. The number of epoxide rings is 2. The molecule has 7 atom stereocenters. The van der Waals surface area contributed by atoms with Crippen LogP contribution in [0.2, 0.25) is 0 Å². The Bertz CT molecular complexity index is 1810. The average Bonchev–Trinajstić information content (AvgIpc) is 4.06. The number of likely N-dealkylation sites (tertiary alicyclic amines) is 1. The van der Waals surface area contributed by atoms with Crippen molar-refractivity contribution >= 4 is 22.9 Å². The van der Waals surface area contributed by atoms with E-state index in [-0.39, 0.29) is 106 Å². The summed E-state index contributed by atoms with van der Waals surface area (Å²) in [7, 11) is 0. The Hall–Kier alpha value is -1.62. The Morgan fingerprint density at radius 2 is 1.57 bits per heavy atom. The minimum absolute atomic E-state index is 0. The normalized spacial score (nSPS) is 22.0. The number of halogens is 1. The van der Waals surface area contributed by atoms with Crippen molar-refractivity contribution in [3.05, 3.63) is 73.3 Å². The number of imidazole rings is 2. The van der Waals surface area contributed by atoms with Gasteiger partial charge in [0.15, 0.2) is 6.54 Å². The zero-order chi connectivity index (χ0) is 45.6. The van der Waals surface area contributed by atoms with Crippen LogP contribution in [0.25, 0.3) is 0 Å². The molecule has 7 unspecified atom stereocenters. The topological polar surface area (TPSA) is 183 Å². The Labute approximate surface area is 437 Å². The van der Waals surface area contributed by atoms with Gasteiger partial charge in [0, 0.05) is 61.0 Å². The van der Waals surface area contributed by atoms with Crippen LogP contribution in [0.5, 0.6) is 0 Å². The van der Waals surface area contributed by atoms with Crippen molar-refractivity contribution in [3.8, 4) is 0 Å². The summed E-state index contributed by atoms with van der Waals surface area (Å²) in [5, 5.41) is 15.3. The van der Waals surface area contributed by atoms with Gasteiger partial charge in [0.25, 0.3) is 5.91 Å². The molecule has 2 aromatic heterocycles. The van der Waals surface area contributed by atoms with Crippen molar-refractivity contribution in [2.75, 3.05) is 52.4 Å². The third-order valence-electron chi connectivity index (χ3n) is 12.3. The maximum atomic E-state index is 13.2. The summed E-state index contributed by atoms with van der Waals surface area (Å²) in [4.78, 5) is 32.8. The first-order valence-corrected chi connectivity index (χ1v) is 24.1. The van der Waals surface area contributed by atoms with Crippen molar-refractivity contribution in [1.29, 1.82) is 0 Å². The number of hydroxylamine groups is 2. The van der Waals surface area contributed by atoms with Gasteiger partial charge in [-0.15, -0.1) is 0 Å². The molecule has 4 fully saturated rings. The van der Waals surface area contributed by atoms with Gasteiger partial charge in [-0.2, -0.15) is 5.06 Å². The van der Waals surface area contributed by atoms with Crippen molar-refractivity contribution in [1.82, 2.24) is 29.4 Å². The number of hydrogen-bond donors (Lipinski definition) is 2. The molecule has 7 rings (SSSR count). The Balaban J connectivity index is 0.000000524. The molecule has 16 nitrogen and oxygen atoms in total. The zero-order valence-corrected chi connectivity index (χ0v) is 44.6. The minimum atomic E-state index is -1.86. The van der Waals surface area contributed by atoms with E-state index >= 15 is 0 Å². The van der Waals surface area contributed by atoms with Gasteiger partial charge in [-0.25, -0.2) is 14.1 Å². The first-order chi connectivity index (χ1) is 30.0. The first-order valence-electron chi connectivity index (χ1n) is 22.6. The molecule has 4 saturated heterocycles. The molecule has 0 radical (unpaired) electrons. The smallest absolute Gasteiger partial charge is 1.00 e. The quantitative estimate of drug-likeness (QED) is 0.0439. The van der Waals surface area contributed by atoms with Crippen LogP contribution in [0.1, 0.15) is 116 Å². The van der Waals surface area contributed by atoms with Gasteiger partial charge in [-0.1, -0.05) is 55.3 Å². The average molecular weight is 975 g/mol. The second-order valence-corrected chi connectivity index (χ2v) is 19.5. The van der Waals surface area contributed by atoms with Crippen LogP contribution in [-0.2, 0) is 46.2 Å². The number of aromatic nitrogens is 4. The number of piperidine rings is 1. The van der Waals surface area contributed by atoms with Crippen LogP contribution in [0.3, 0.4) is 0 Å². The summed E-state index contributed by atoms with van der Waals surface area (Å²) in [5.41, 5.74) is 0.468. The van der Waals surface area contributed by atoms with Crippen molar-refractivity contribution < 1.29 is 111 Å². The van der Waals surface area contributed by atoms with E-state index in [0.717, 1.165) is 58.1 Å². The first kappa shape index (κ1) is 57.7. The van der Waals surface area contributed by atoms with E-state index in [1.807, 2.05) is 63.5 Å². The summed E-state index contributed by atoms with van der Waals surface area (Å²) in [6, 6.07) is 11.1. The number of nitrogens with zero attached hydrogens (tertiary/aromatic N) is 6. The van der Waals surface area contributed by atoms with Gasteiger partial charge in [0.05, 0.1) is 46.0 Å². The maximum Gasteiger partial charge on any atom is 1.00 e. The van der Waals surface area contributed by atoms with Gasteiger partial charge >= 0.3 is 51.4 Å². The number of rotatable bonds is 21. The molecule has 1 aromatic carbocycles. The molecule has 0 saturated carbocycles. The van der Waals surface area contributed by atoms with E-state index in [1.165, 1.54) is 10.6 Å². The summed E-state index contributed by atoms with van der Waals surface area (Å²) in [6.07, 6.45) is 20.2. The number of amides is 2. The van der Waals surface area contributed by atoms with E-state index in [9.17, 15) is 14.8 Å². The van der Waals surface area contributed by atoms with Gasteiger partial charge in [-0.05, 0) is 84.0 Å². The molecule has 2 N–H and O–H groups in total. The Morgan fingerprint density at radius 1 is 0.985 bits per heavy atom. The minimum Gasteiger partial charge on any atom is -1.00 e. The number of ether oxygens (including phenoxy) is 4. The molecule has 19 heteroatoms. The predicted octanol–water partition coefficient (Wildman–Crippen LogP) is -1.02. The largest absolute Gasteiger partial charge is 1.00 e. The van der Waals surface area contributed by atoms with Crippen LogP contribution >= 0.6 is 0 Å². The van der Waals surface area contributed by atoms with E-state index in [4.69, 9.17) is 27.7 Å². The van der Waals surface area contributed by atoms with Crippen LogP contribution in [-0.4, -0.2) is 138 Å². The number of carbonyl (C=O) groups is 2. The van der Waals surface area contributed by atoms with Gasteiger partial charge in [0.1, 0.15) is 30.6 Å². The number of carbonyl (C=O) groups excluding carboxylic acids is 2. The van der Waals surface area contributed by atoms with Crippen molar-refractivity contribution in [2.45, 2.75) is 153 Å². The summed E-state index contributed by atoms with van der Waals surface area (Å²) < 4.78 is 44.9. The molecule has 2 amide bonds. The third-order valence-corrected chi connectivity index (χ3v) is 12.3. The molecule has 3 aromatic rings. The third kappa shape index (κ3) is 19.7. The molecule has 360 valence electrons. The van der Waals surface area contributed by atoms with Gasteiger partial charge < -0.3 is 55.9 Å². The molecule has 0 aliphatic carbocycles. The maximum absolute atomic E-state index is 13.2. The molecule has 4 aliphatic heterocycles. The SMILES string of the molecule is C(COCC1CO1)OCC1CO1.CCC(CC(CC(CC(C)c1ccccc1)N1CCCC1=O)n1ccnc1)n1cc[n+](CC(=O)NC2CC(C)(C)N(O)C(C)(C)C2)c1.CS(=O)[O-].[Cl-].[K+]. The standard InChI is InChI=1S/C37H55N7O3.C8H14O4.CH4O2S.ClH.K/c1-7-31(42-19-18-40(27-42)25-34(45)39-30-23-36(3,4)44(47)37(5,6)24-30)21-32(41-17-15-38-26-41)22-33(43-16-11-14-35(43)46)20-28(2)29-12-9-8-10-13-29;1(9-3-7-5-11-7)2-10-4-8-6-12-8;1-4(2)3;;/h8-10,12-13,15,17-19,26-28,30-33,47H,7,11,14,16,20-25H2,1-6H3;7-8H,1-6H2;1H3,(H,2,3);1H;/q;;;;+1/p-1. The summed E-state index contributed by atoms with van der Waals surface area (Å²) >= 11 is -1.86. The number of benzene rings is 1. The van der Waals surface area contributed by atoms with E-state index in [0.29, 0.717) is 63.8 Å². The summed E-state index contributed by atoms with van der Waals surface area (Å²) in [6.45, 7) is 18.1. The fourth-order valence-electron chi connectivity index (χ4n) is 9.09. The molecule has 0 spiro atoms. The second-order valence-electron chi connectivity index (χ2n) is 18.7.